The van der Waals surface area contributed by atoms with E-state index in [9.17, 15) is 13.2 Å². The van der Waals surface area contributed by atoms with Crippen LogP contribution < -0.4 is 14.5 Å². The first-order chi connectivity index (χ1) is 12.4. The van der Waals surface area contributed by atoms with Gasteiger partial charge in [0.2, 0.25) is 10.0 Å². The maximum Gasteiger partial charge on any atom is 0.255 e. The lowest BCUT2D eigenvalue weighted by Crippen LogP contribution is -2.37. The molecule has 6 nitrogen and oxygen atoms in total. The van der Waals surface area contributed by atoms with Crippen molar-refractivity contribution >= 4 is 33.0 Å². The average molecular weight is 373 g/mol. The standard InChI is InChI=1S/C19H23N3O3S/c1-21(2)17-11-7-16(8-12-17)20-19(23)15-5-9-18(10-6-15)22-13-3-4-14-26(22,24)25/h5-12H,3-4,13-14H2,1-2H3,(H,20,23). The van der Waals surface area contributed by atoms with Crippen molar-refractivity contribution in [2.24, 2.45) is 0 Å². The van der Waals surface area contributed by atoms with Crippen molar-refractivity contribution in [2.45, 2.75) is 12.8 Å². The van der Waals surface area contributed by atoms with Crippen molar-refractivity contribution < 1.29 is 13.2 Å². The van der Waals surface area contributed by atoms with Gasteiger partial charge in [0.25, 0.3) is 5.91 Å². The molecule has 1 amide bonds. The van der Waals surface area contributed by atoms with Crippen LogP contribution in [0, 0.1) is 0 Å². The molecule has 0 radical (unpaired) electrons. The SMILES string of the molecule is CN(C)c1ccc(NC(=O)c2ccc(N3CCCCS3(=O)=O)cc2)cc1. The zero-order chi connectivity index (χ0) is 18.7. The lowest BCUT2D eigenvalue weighted by atomic mass is 10.2. The molecule has 0 saturated carbocycles. The van der Waals surface area contributed by atoms with E-state index in [0.717, 1.165) is 12.1 Å². The second kappa shape index (κ2) is 7.37. The molecule has 2 aromatic rings. The van der Waals surface area contributed by atoms with Gasteiger partial charge in [-0.1, -0.05) is 0 Å². The number of hydrogen-bond donors (Lipinski definition) is 1. The highest BCUT2D eigenvalue weighted by molar-refractivity contribution is 7.92. The van der Waals surface area contributed by atoms with E-state index in [-0.39, 0.29) is 11.7 Å². The molecule has 1 N–H and O–H groups in total. The molecule has 1 aliphatic rings. The van der Waals surface area contributed by atoms with E-state index in [0.29, 0.717) is 29.9 Å². The first-order valence-electron chi connectivity index (χ1n) is 8.56. The van der Waals surface area contributed by atoms with Gasteiger partial charge in [-0.15, -0.1) is 0 Å². The van der Waals surface area contributed by atoms with Gasteiger partial charge in [0.15, 0.2) is 0 Å². The number of sulfonamides is 1. The topological polar surface area (TPSA) is 69.7 Å². The van der Waals surface area contributed by atoms with Crippen molar-refractivity contribution in [1.82, 2.24) is 0 Å². The molecule has 0 aromatic heterocycles. The fourth-order valence-electron chi connectivity index (χ4n) is 2.90. The fourth-order valence-corrected chi connectivity index (χ4v) is 4.54. The maximum absolute atomic E-state index is 12.4. The number of nitrogens with one attached hydrogen (secondary N) is 1. The summed E-state index contributed by atoms with van der Waals surface area (Å²) in [5, 5.41) is 2.85. The highest BCUT2D eigenvalue weighted by Gasteiger charge is 2.25. The van der Waals surface area contributed by atoms with Gasteiger partial charge in [0.1, 0.15) is 0 Å². The van der Waals surface area contributed by atoms with Gasteiger partial charge in [-0.05, 0) is 61.4 Å². The summed E-state index contributed by atoms with van der Waals surface area (Å²) in [5.41, 5.74) is 2.86. The van der Waals surface area contributed by atoms with E-state index in [2.05, 4.69) is 5.32 Å². The molecule has 1 heterocycles. The molecule has 0 atom stereocenters. The van der Waals surface area contributed by atoms with Crippen LogP contribution in [0.15, 0.2) is 48.5 Å². The zero-order valence-electron chi connectivity index (χ0n) is 15.0. The van der Waals surface area contributed by atoms with Crippen LogP contribution in [-0.2, 0) is 10.0 Å². The van der Waals surface area contributed by atoms with Crippen LogP contribution in [0.1, 0.15) is 23.2 Å². The average Bonchev–Trinajstić information content (AvgIpc) is 2.62. The number of hydrogen-bond acceptors (Lipinski definition) is 4. The van der Waals surface area contributed by atoms with Crippen molar-refractivity contribution in [3.63, 3.8) is 0 Å². The molecule has 26 heavy (non-hydrogen) atoms. The predicted molar refractivity (Wildman–Crippen MR) is 106 cm³/mol. The largest absolute Gasteiger partial charge is 0.378 e. The summed E-state index contributed by atoms with van der Waals surface area (Å²) in [7, 11) is 0.671. The fraction of sp³-hybridized carbons (Fsp3) is 0.316. The Hall–Kier alpha value is -2.54. The van der Waals surface area contributed by atoms with Crippen molar-refractivity contribution in [3.8, 4) is 0 Å². The summed E-state index contributed by atoms with van der Waals surface area (Å²) in [6.45, 7) is 0.492. The summed E-state index contributed by atoms with van der Waals surface area (Å²) in [4.78, 5) is 14.4. The lowest BCUT2D eigenvalue weighted by Gasteiger charge is -2.28. The number of nitrogens with zero attached hydrogens (tertiary/aromatic N) is 2. The molecule has 0 unspecified atom stereocenters. The van der Waals surface area contributed by atoms with Crippen LogP contribution in [0.5, 0.6) is 0 Å². The molecule has 3 rings (SSSR count). The maximum atomic E-state index is 12.4. The van der Waals surface area contributed by atoms with Crippen LogP contribution in [-0.4, -0.2) is 40.7 Å². The third-order valence-electron chi connectivity index (χ3n) is 4.41. The number of rotatable bonds is 4. The molecular formula is C19H23N3O3S. The van der Waals surface area contributed by atoms with Crippen molar-refractivity contribution in [1.29, 1.82) is 0 Å². The molecule has 1 fully saturated rings. The van der Waals surface area contributed by atoms with E-state index >= 15 is 0 Å². The van der Waals surface area contributed by atoms with Crippen LogP contribution in [0.3, 0.4) is 0 Å². The molecule has 7 heteroatoms. The molecule has 1 saturated heterocycles. The smallest absolute Gasteiger partial charge is 0.255 e. The molecule has 2 aromatic carbocycles. The third-order valence-corrected chi connectivity index (χ3v) is 6.28. The second-order valence-electron chi connectivity index (χ2n) is 6.54. The minimum atomic E-state index is -3.24. The van der Waals surface area contributed by atoms with Crippen LogP contribution in [0.2, 0.25) is 0 Å². The molecular weight excluding hydrogens is 350 g/mol. The second-order valence-corrected chi connectivity index (χ2v) is 8.55. The minimum Gasteiger partial charge on any atom is -0.378 e. The van der Waals surface area contributed by atoms with Gasteiger partial charge in [0.05, 0.1) is 11.4 Å². The number of carbonyl (C=O) groups excluding carboxylic acids is 1. The Morgan fingerprint density at radius 3 is 2.23 bits per heavy atom. The summed E-state index contributed by atoms with van der Waals surface area (Å²) in [5.74, 6) is -0.0475. The van der Waals surface area contributed by atoms with Crippen LogP contribution >= 0.6 is 0 Å². The third kappa shape index (κ3) is 3.99. The van der Waals surface area contributed by atoms with Crippen LogP contribution in [0.25, 0.3) is 0 Å². The van der Waals surface area contributed by atoms with E-state index in [4.69, 9.17) is 0 Å². The highest BCUT2D eigenvalue weighted by Crippen LogP contribution is 2.24. The van der Waals surface area contributed by atoms with Crippen molar-refractivity contribution in [3.05, 3.63) is 54.1 Å². The molecule has 0 spiro atoms. The number of benzene rings is 2. The Balaban J connectivity index is 1.70. The Labute approximate surface area is 154 Å². The van der Waals surface area contributed by atoms with E-state index in [1.54, 1.807) is 24.3 Å². The van der Waals surface area contributed by atoms with E-state index in [1.807, 2.05) is 43.3 Å². The first kappa shape index (κ1) is 18.3. The summed E-state index contributed by atoms with van der Waals surface area (Å²) < 4.78 is 25.8. The van der Waals surface area contributed by atoms with Crippen LogP contribution in [0.4, 0.5) is 17.1 Å². The summed E-state index contributed by atoms with van der Waals surface area (Å²) >= 11 is 0. The number of amides is 1. The van der Waals surface area contributed by atoms with Crippen molar-refractivity contribution in [2.75, 3.05) is 40.9 Å². The van der Waals surface area contributed by atoms with Gasteiger partial charge in [0, 0.05) is 37.6 Å². The lowest BCUT2D eigenvalue weighted by molar-refractivity contribution is 0.102. The van der Waals surface area contributed by atoms with Gasteiger partial charge in [-0.25, -0.2) is 8.42 Å². The van der Waals surface area contributed by atoms with Gasteiger partial charge >= 0.3 is 0 Å². The Morgan fingerprint density at radius 2 is 1.65 bits per heavy atom. The Morgan fingerprint density at radius 1 is 1.00 bits per heavy atom. The summed E-state index contributed by atoms with van der Waals surface area (Å²) in [6.07, 6.45) is 1.55. The summed E-state index contributed by atoms with van der Waals surface area (Å²) in [6, 6.07) is 14.2. The molecule has 0 aliphatic carbocycles. The Bertz CT molecular complexity index is 875. The van der Waals surface area contributed by atoms with Gasteiger partial charge in [-0.3, -0.25) is 9.10 Å². The Kier molecular flexibility index (Phi) is 5.18. The molecule has 1 aliphatic heterocycles. The monoisotopic (exact) mass is 373 g/mol. The normalized spacial score (nSPS) is 16.2. The molecule has 0 bridgehead atoms. The zero-order valence-corrected chi connectivity index (χ0v) is 15.8. The first-order valence-corrected chi connectivity index (χ1v) is 10.2. The van der Waals surface area contributed by atoms with E-state index < -0.39 is 10.0 Å². The van der Waals surface area contributed by atoms with Gasteiger partial charge < -0.3 is 10.2 Å². The quantitative estimate of drug-likeness (QED) is 0.895. The van der Waals surface area contributed by atoms with Gasteiger partial charge in [-0.2, -0.15) is 0 Å². The highest BCUT2D eigenvalue weighted by atomic mass is 32.2. The molecule has 138 valence electrons. The number of anilines is 3. The minimum absolute atomic E-state index is 0.179. The predicted octanol–water partition coefficient (Wildman–Crippen LogP) is 2.93. The van der Waals surface area contributed by atoms with E-state index in [1.165, 1.54) is 4.31 Å². The number of carbonyl (C=O) groups is 1.